The molecule has 5 heteroatoms. The standard InChI is InChI=1S/C14H27N3O2/c1-14(13(15)18,16-12-5-6-12)10-17(2)8-11-4-3-7-19-9-11/h11-12,16H,3-10H2,1-2H3,(H2,15,18). The molecule has 1 amide bonds. The highest BCUT2D eigenvalue weighted by atomic mass is 16.5. The number of ether oxygens (including phenoxy) is 1. The number of primary amides is 1. The Morgan fingerprint density at radius 2 is 2.21 bits per heavy atom. The number of hydrogen-bond acceptors (Lipinski definition) is 4. The quantitative estimate of drug-likeness (QED) is 0.699. The van der Waals surface area contributed by atoms with Gasteiger partial charge in [0.25, 0.3) is 0 Å². The molecule has 1 saturated carbocycles. The molecule has 19 heavy (non-hydrogen) atoms. The summed E-state index contributed by atoms with van der Waals surface area (Å²) in [6.45, 7) is 5.28. The first-order valence-electron chi connectivity index (χ1n) is 7.33. The number of likely N-dealkylation sites (N-methyl/N-ethyl adjacent to an activating group) is 1. The van der Waals surface area contributed by atoms with Gasteiger partial charge in [-0.15, -0.1) is 0 Å². The molecule has 2 fully saturated rings. The fraction of sp³-hybridized carbons (Fsp3) is 0.929. The van der Waals surface area contributed by atoms with Crippen molar-refractivity contribution in [3.8, 4) is 0 Å². The van der Waals surface area contributed by atoms with Gasteiger partial charge in [0.15, 0.2) is 0 Å². The molecular formula is C14H27N3O2. The van der Waals surface area contributed by atoms with Crippen LogP contribution in [0.3, 0.4) is 0 Å². The lowest BCUT2D eigenvalue weighted by Crippen LogP contribution is -2.60. The van der Waals surface area contributed by atoms with Crippen LogP contribution >= 0.6 is 0 Å². The third-order valence-electron chi connectivity index (χ3n) is 4.05. The third-order valence-corrected chi connectivity index (χ3v) is 4.05. The first kappa shape index (κ1) is 14.8. The molecule has 2 atom stereocenters. The summed E-state index contributed by atoms with van der Waals surface area (Å²) < 4.78 is 5.50. The summed E-state index contributed by atoms with van der Waals surface area (Å²) in [5, 5.41) is 3.39. The largest absolute Gasteiger partial charge is 0.381 e. The SMILES string of the molecule is CN(CC1CCCOC1)CC(C)(NC1CC1)C(N)=O. The van der Waals surface area contributed by atoms with E-state index in [-0.39, 0.29) is 5.91 Å². The molecule has 3 N–H and O–H groups in total. The molecular weight excluding hydrogens is 242 g/mol. The predicted molar refractivity (Wildman–Crippen MR) is 74.8 cm³/mol. The highest BCUT2D eigenvalue weighted by Gasteiger charge is 2.38. The molecule has 0 spiro atoms. The second-order valence-corrected chi connectivity index (χ2v) is 6.39. The van der Waals surface area contributed by atoms with E-state index in [1.165, 1.54) is 6.42 Å². The van der Waals surface area contributed by atoms with Gasteiger partial charge in [0.05, 0.1) is 6.61 Å². The third kappa shape index (κ3) is 4.44. The zero-order chi connectivity index (χ0) is 13.9. The van der Waals surface area contributed by atoms with Crippen LogP contribution in [0.15, 0.2) is 0 Å². The minimum Gasteiger partial charge on any atom is -0.381 e. The fourth-order valence-electron chi connectivity index (χ4n) is 2.87. The number of amides is 1. The van der Waals surface area contributed by atoms with Gasteiger partial charge in [0, 0.05) is 25.7 Å². The first-order valence-corrected chi connectivity index (χ1v) is 7.33. The lowest BCUT2D eigenvalue weighted by molar-refractivity contribution is -0.124. The summed E-state index contributed by atoms with van der Waals surface area (Å²) >= 11 is 0. The van der Waals surface area contributed by atoms with Gasteiger partial charge in [0.1, 0.15) is 5.54 Å². The first-order chi connectivity index (χ1) is 8.99. The Morgan fingerprint density at radius 3 is 2.74 bits per heavy atom. The minimum atomic E-state index is -0.620. The molecule has 0 aromatic rings. The van der Waals surface area contributed by atoms with Crippen LogP contribution in [0.1, 0.15) is 32.6 Å². The van der Waals surface area contributed by atoms with Crippen LogP contribution in [0.2, 0.25) is 0 Å². The van der Waals surface area contributed by atoms with E-state index < -0.39 is 5.54 Å². The molecule has 0 aromatic carbocycles. The van der Waals surface area contributed by atoms with Crippen molar-refractivity contribution in [3.05, 3.63) is 0 Å². The number of rotatable bonds is 7. The van der Waals surface area contributed by atoms with E-state index >= 15 is 0 Å². The van der Waals surface area contributed by atoms with E-state index in [4.69, 9.17) is 10.5 Å². The lowest BCUT2D eigenvalue weighted by Gasteiger charge is -2.34. The van der Waals surface area contributed by atoms with Gasteiger partial charge in [-0.25, -0.2) is 0 Å². The van der Waals surface area contributed by atoms with E-state index in [1.54, 1.807) is 0 Å². The van der Waals surface area contributed by atoms with E-state index in [9.17, 15) is 4.79 Å². The van der Waals surface area contributed by atoms with Crippen LogP contribution in [-0.4, -0.2) is 55.7 Å². The Balaban J connectivity index is 1.83. The molecule has 5 nitrogen and oxygen atoms in total. The number of carbonyl (C=O) groups excluding carboxylic acids is 1. The number of nitrogens with zero attached hydrogens (tertiary/aromatic N) is 1. The van der Waals surface area contributed by atoms with Gasteiger partial charge in [-0.05, 0) is 45.6 Å². The Hall–Kier alpha value is -0.650. The van der Waals surface area contributed by atoms with Crippen molar-refractivity contribution < 1.29 is 9.53 Å². The molecule has 2 aliphatic rings. The summed E-state index contributed by atoms with van der Waals surface area (Å²) in [5.41, 5.74) is 4.96. The maximum absolute atomic E-state index is 11.7. The molecule has 0 radical (unpaired) electrons. The molecule has 2 unspecified atom stereocenters. The minimum absolute atomic E-state index is 0.258. The molecule has 0 bridgehead atoms. The zero-order valence-electron chi connectivity index (χ0n) is 12.2. The summed E-state index contributed by atoms with van der Waals surface area (Å²) in [7, 11) is 2.06. The van der Waals surface area contributed by atoms with E-state index in [1.807, 2.05) is 6.92 Å². The van der Waals surface area contributed by atoms with Crippen molar-refractivity contribution in [1.29, 1.82) is 0 Å². The van der Waals surface area contributed by atoms with E-state index in [0.29, 0.717) is 18.5 Å². The Labute approximate surface area is 115 Å². The van der Waals surface area contributed by atoms with Crippen molar-refractivity contribution in [2.45, 2.75) is 44.2 Å². The lowest BCUT2D eigenvalue weighted by atomic mass is 9.98. The highest BCUT2D eigenvalue weighted by Crippen LogP contribution is 2.23. The molecule has 0 aromatic heterocycles. The molecule has 1 saturated heterocycles. The zero-order valence-corrected chi connectivity index (χ0v) is 12.2. The maximum Gasteiger partial charge on any atom is 0.238 e. The van der Waals surface area contributed by atoms with Crippen molar-refractivity contribution >= 4 is 5.91 Å². The van der Waals surface area contributed by atoms with E-state index in [2.05, 4.69) is 17.3 Å². The Bertz CT molecular complexity index is 314. The number of nitrogens with two attached hydrogens (primary N) is 1. The number of nitrogens with one attached hydrogen (secondary N) is 1. The molecule has 110 valence electrons. The summed E-state index contributed by atoms with van der Waals surface area (Å²) in [4.78, 5) is 13.9. The Morgan fingerprint density at radius 1 is 1.47 bits per heavy atom. The van der Waals surface area contributed by atoms with Crippen molar-refractivity contribution in [2.75, 3.05) is 33.4 Å². The molecule has 1 aliphatic carbocycles. The van der Waals surface area contributed by atoms with Gasteiger partial charge in [-0.1, -0.05) is 0 Å². The maximum atomic E-state index is 11.7. The monoisotopic (exact) mass is 269 g/mol. The highest BCUT2D eigenvalue weighted by molar-refractivity contribution is 5.84. The summed E-state index contributed by atoms with van der Waals surface area (Å²) in [5.74, 6) is 0.322. The second-order valence-electron chi connectivity index (χ2n) is 6.39. The smallest absolute Gasteiger partial charge is 0.238 e. The molecule has 2 rings (SSSR count). The Kier molecular flexibility index (Phi) is 4.81. The van der Waals surface area contributed by atoms with Crippen LogP contribution in [0.5, 0.6) is 0 Å². The van der Waals surface area contributed by atoms with Crippen LogP contribution in [0.4, 0.5) is 0 Å². The van der Waals surface area contributed by atoms with Crippen molar-refractivity contribution in [1.82, 2.24) is 10.2 Å². The summed E-state index contributed by atoms with van der Waals surface area (Å²) in [6, 6.07) is 0.476. The molecule has 1 heterocycles. The average molecular weight is 269 g/mol. The topological polar surface area (TPSA) is 67.6 Å². The predicted octanol–water partition coefficient (Wildman–Crippen LogP) is 0.341. The number of carbonyl (C=O) groups is 1. The normalized spacial score (nSPS) is 27.2. The van der Waals surface area contributed by atoms with Gasteiger partial charge in [-0.3, -0.25) is 10.1 Å². The van der Waals surface area contributed by atoms with Gasteiger partial charge >= 0.3 is 0 Å². The van der Waals surface area contributed by atoms with Crippen molar-refractivity contribution in [3.63, 3.8) is 0 Å². The van der Waals surface area contributed by atoms with Gasteiger partial charge < -0.3 is 15.4 Å². The van der Waals surface area contributed by atoms with Crippen LogP contribution in [0.25, 0.3) is 0 Å². The van der Waals surface area contributed by atoms with Gasteiger partial charge in [0.2, 0.25) is 5.91 Å². The molecule has 1 aliphatic heterocycles. The second kappa shape index (κ2) is 6.20. The number of hydrogen-bond donors (Lipinski definition) is 2. The van der Waals surface area contributed by atoms with Crippen LogP contribution < -0.4 is 11.1 Å². The van der Waals surface area contributed by atoms with Crippen molar-refractivity contribution in [2.24, 2.45) is 11.7 Å². The summed E-state index contributed by atoms with van der Waals surface area (Å²) in [6.07, 6.45) is 4.67. The van der Waals surface area contributed by atoms with Gasteiger partial charge in [-0.2, -0.15) is 0 Å². The van der Waals surface area contributed by atoms with Crippen LogP contribution in [-0.2, 0) is 9.53 Å². The van der Waals surface area contributed by atoms with E-state index in [0.717, 1.165) is 39.0 Å². The average Bonchev–Trinajstić information content (AvgIpc) is 3.13. The van der Waals surface area contributed by atoms with Crippen LogP contribution in [0, 0.1) is 5.92 Å². The fourth-order valence-corrected chi connectivity index (χ4v) is 2.87.